The number of rotatable bonds is 5. The van der Waals surface area contributed by atoms with Crippen molar-refractivity contribution in [2.24, 2.45) is 0 Å². The van der Waals surface area contributed by atoms with Crippen molar-refractivity contribution in [3.8, 4) is 23.0 Å². The van der Waals surface area contributed by atoms with Gasteiger partial charge in [-0.25, -0.2) is 9.37 Å². The van der Waals surface area contributed by atoms with Crippen LogP contribution < -0.4 is 16.2 Å². The molecule has 1 aliphatic rings. The first-order valence-electron chi connectivity index (χ1n) is 13.8. The fraction of sp³-hybridized carbons (Fsp3) is 0.258. The lowest BCUT2D eigenvalue weighted by Crippen LogP contribution is -2.49. The third-order valence-corrected chi connectivity index (χ3v) is 9.36. The Morgan fingerprint density at radius 3 is 2.40 bits per heavy atom. The second kappa shape index (κ2) is 12.5. The Morgan fingerprint density at radius 2 is 1.80 bits per heavy atom. The molecule has 9 nitrogen and oxygen atoms in total. The molecule has 0 atom stereocenters. The monoisotopic (exact) mass is 687 g/mol. The maximum atomic E-state index is 15.7. The van der Waals surface area contributed by atoms with E-state index < -0.39 is 17.1 Å². The number of nitrogens with zero attached hydrogens (tertiary/aromatic N) is 6. The molecule has 232 valence electrons. The van der Waals surface area contributed by atoms with Crippen LogP contribution in [0.25, 0.3) is 28.0 Å². The summed E-state index contributed by atoms with van der Waals surface area (Å²) in [7, 11) is 0. The van der Waals surface area contributed by atoms with Crippen molar-refractivity contribution in [1.29, 1.82) is 5.26 Å². The number of halogens is 5. The van der Waals surface area contributed by atoms with Crippen LogP contribution in [-0.2, 0) is 4.79 Å². The quantitative estimate of drug-likeness (QED) is 0.105. The molecule has 4 heterocycles. The minimum absolute atomic E-state index is 0.0520. The number of nitriles is 1. The average Bonchev–Trinajstić information content (AvgIpc) is 3.02. The van der Waals surface area contributed by atoms with E-state index >= 15 is 4.39 Å². The molecule has 1 aromatic carbocycles. The zero-order valence-corrected chi connectivity index (χ0v) is 27.4. The molecule has 0 aliphatic carbocycles. The van der Waals surface area contributed by atoms with E-state index in [0.29, 0.717) is 48.5 Å². The van der Waals surface area contributed by atoms with E-state index in [0.717, 1.165) is 0 Å². The number of nitrogen functional groups attached to an aromatic ring is 1. The molecule has 0 radical (unpaired) electrons. The molecule has 4 aromatic rings. The van der Waals surface area contributed by atoms with Crippen LogP contribution in [0.4, 0.5) is 15.8 Å². The zero-order valence-electron chi connectivity index (χ0n) is 24.4. The summed E-state index contributed by atoms with van der Waals surface area (Å²) in [6, 6.07) is 5.33. The molecule has 3 aromatic heterocycles. The minimum atomic E-state index is -0.991. The number of hydrogen-bond acceptors (Lipinski definition) is 7. The number of piperazine rings is 1. The van der Waals surface area contributed by atoms with Crippen molar-refractivity contribution in [1.82, 2.24) is 19.4 Å². The van der Waals surface area contributed by atoms with Gasteiger partial charge in [0.05, 0.1) is 54.1 Å². The molecule has 45 heavy (non-hydrogen) atoms. The van der Waals surface area contributed by atoms with Crippen LogP contribution >= 0.6 is 46.4 Å². The third kappa shape index (κ3) is 5.38. The Bertz CT molecular complexity index is 1990. The summed E-state index contributed by atoms with van der Waals surface area (Å²) >= 11 is 25.7. The van der Waals surface area contributed by atoms with Crippen molar-refractivity contribution >= 4 is 74.7 Å². The second-order valence-corrected chi connectivity index (χ2v) is 12.3. The van der Waals surface area contributed by atoms with Crippen LogP contribution in [0.3, 0.4) is 0 Å². The summed E-state index contributed by atoms with van der Waals surface area (Å²) in [5.74, 6) is -1.34. The van der Waals surface area contributed by atoms with Gasteiger partial charge >= 0.3 is 0 Å². The van der Waals surface area contributed by atoms with Gasteiger partial charge in [-0.3, -0.25) is 19.1 Å². The van der Waals surface area contributed by atoms with Crippen LogP contribution in [0.1, 0.15) is 36.6 Å². The van der Waals surface area contributed by atoms with Crippen LogP contribution in [0.2, 0.25) is 20.1 Å². The Kier molecular flexibility index (Phi) is 9.02. The van der Waals surface area contributed by atoms with E-state index in [1.54, 1.807) is 17.2 Å². The Balaban J connectivity index is 1.93. The molecule has 0 saturated carbocycles. The second-order valence-electron chi connectivity index (χ2n) is 10.7. The molecule has 1 amide bonds. The van der Waals surface area contributed by atoms with Gasteiger partial charge in [-0.2, -0.15) is 5.26 Å². The molecule has 2 N–H and O–H groups in total. The maximum Gasteiger partial charge on any atom is 0.276 e. The maximum absolute atomic E-state index is 15.7. The molecule has 14 heteroatoms. The number of carbonyl (C=O) groups excluding carboxylic acids is 1. The summed E-state index contributed by atoms with van der Waals surface area (Å²) in [5.41, 5.74) is 6.24. The van der Waals surface area contributed by atoms with E-state index in [4.69, 9.17) is 57.1 Å². The molecule has 1 fully saturated rings. The summed E-state index contributed by atoms with van der Waals surface area (Å²) in [6.07, 6.45) is 2.87. The first kappa shape index (κ1) is 32.5. The molecule has 1 saturated heterocycles. The highest BCUT2D eigenvalue weighted by molar-refractivity contribution is 6.50. The van der Waals surface area contributed by atoms with Crippen molar-refractivity contribution in [3.05, 3.63) is 84.1 Å². The summed E-state index contributed by atoms with van der Waals surface area (Å²) in [5, 5.41) is 9.96. The van der Waals surface area contributed by atoms with Gasteiger partial charge in [-0.1, -0.05) is 66.8 Å². The molecule has 5 rings (SSSR count). The van der Waals surface area contributed by atoms with Gasteiger partial charge in [0.2, 0.25) is 5.91 Å². The van der Waals surface area contributed by atoms with E-state index in [2.05, 4.69) is 17.6 Å². The largest absolute Gasteiger partial charge is 0.395 e. The third-order valence-electron chi connectivity index (χ3n) is 7.73. The number of fused-ring (bicyclic) bond motifs is 1. The van der Waals surface area contributed by atoms with E-state index in [-0.39, 0.29) is 60.1 Å². The van der Waals surface area contributed by atoms with Crippen LogP contribution in [0, 0.1) is 24.1 Å². The number of aryl methyl sites for hydroxylation is 1. The van der Waals surface area contributed by atoms with Gasteiger partial charge in [0.1, 0.15) is 17.3 Å². The molecular weight excluding hydrogens is 663 g/mol. The smallest absolute Gasteiger partial charge is 0.276 e. The van der Waals surface area contributed by atoms with Crippen molar-refractivity contribution < 1.29 is 9.18 Å². The van der Waals surface area contributed by atoms with Gasteiger partial charge in [-0.05, 0) is 36.6 Å². The number of hydrogen-bond donors (Lipinski definition) is 1. The lowest BCUT2D eigenvalue weighted by molar-refractivity contribution is -0.126. The number of amides is 1. The summed E-state index contributed by atoms with van der Waals surface area (Å²) in [6.45, 7) is 10.5. The van der Waals surface area contributed by atoms with Crippen molar-refractivity contribution in [3.63, 3.8) is 0 Å². The standard InChI is InChI=1S/C31H26Cl4FN7O2/c1-5-19(44)41-8-10-42(11-9-41)29-16-12-18(32)27(20-21(33)22(34)23(35)25(38)24(20)36)40-30(16)43(31(45)17(29)13-37)28-15(4)6-7-39-26(28)14(2)3/h5-7,12,14H,1,8-11,38H2,2-4H3. The number of nitrogens with two attached hydrogens (primary N) is 1. The van der Waals surface area contributed by atoms with Gasteiger partial charge in [0.15, 0.2) is 5.82 Å². The van der Waals surface area contributed by atoms with E-state index in [1.165, 1.54) is 16.7 Å². The topological polar surface area (TPSA) is 121 Å². The molecule has 0 unspecified atom stereocenters. The fourth-order valence-corrected chi connectivity index (χ4v) is 6.44. The van der Waals surface area contributed by atoms with Gasteiger partial charge in [0, 0.05) is 37.8 Å². The first-order valence-corrected chi connectivity index (χ1v) is 15.3. The number of aromatic nitrogens is 3. The predicted molar refractivity (Wildman–Crippen MR) is 178 cm³/mol. The van der Waals surface area contributed by atoms with Gasteiger partial charge in [0.25, 0.3) is 5.56 Å². The molecular formula is C31H26Cl4FN7O2. The minimum Gasteiger partial charge on any atom is -0.395 e. The first-order chi connectivity index (χ1) is 21.3. The molecule has 1 aliphatic heterocycles. The molecule has 0 bridgehead atoms. The lowest BCUT2D eigenvalue weighted by atomic mass is 10.0. The molecule has 0 spiro atoms. The van der Waals surface area contributed by atoms with Crippen LogP contribution in [0.15, 0.2) is 35.8 Å². The lowest BCUT2D eigenvalue weighted by Gasteiger charge is -2.36. The Labute approximate surface area is 278 Å². The van der Waals surface area contributed by atoms with Crippen LogP contribution in [-0.4, -0.2) is 51.5 Å². The van der Waals surface area contributed by atoms with E-state index in [9.17, 15) is 14.9 Å². The van der Waals surface area contributed by atoms with Gasteiger partial charge in [-0.15, -0.1) is 0 Å². The SMILES string of the molecule is C=CC(=O)N1CCN(c2c(C#N)c(=O)n(-c3c(C)ccnc3C(C)C)c3nc(-c4c(F)c(N)c(Cl)c(Cl)c4Cl)c(Cl)cc23)CC1. The van der Waals surface area contributed by atoms with Crippen LogP contribution in [0.5, 0.6) is 0 Å². The Morgan fingerprint density at radius 1 is 1.13 bits per heavy atom. The number of carbonyl (C=O) groups is 1. The highest BCUT2D eigenvalue weighted by Crippen LogP contribution is 2.46. The summed E-state index contributed by atoms with van der Waals surface area (Å²) in [4.78, 5) is 39.4. The highest BCUT2D eigenvalue weighted by Gasteiger charge is 2.31. The highest BCUT2D eigenvalue weighted by atomic mass is 35.5. The number of anilines is 2. The zero-order chi connectivity index (χ0) is 32.9. The average molecular weight is 689 g/mol. The van der Waals surface area contributed by atoms with Crippen molar-refractivity contribution in [2.45, 2.75) is 26.7 Å². The predicted octanol–water partition coefficient (Wildman–Crippen LogP) is 6.92. The summed E-state index contributed by atoms with van der Waals surface area (Å²) < 4.78 is 17.0. The number of benzene rings is 1. The normalized spacial score (nSPS) is 13.4. The number of pyridine rings is 3. The van der Waals surface area contributed by atoms with E-state index in [1.807, 2.05) is 25.7 Å². The van der Waals surface area contributed by atoms with Crippen molar-refractivity contribution in [2.75, 3.05) is 36.8 Å². The Hall–Kier alpha value is -3.88. The van der Waals surface area contributed by atoms with Gasteiger partial charge < -0.3 is 15.5 Å². The fourth-order valence-electron chi connectivity index (χ4n) is 5.50.